The third-order valence-corrected chi connectivity index (χ3v) is 6.01. The summed E-state index contributed by atoms with van der Waals surface area (Å²) in [5.74, 6) is -0.290. The molecule has 0 spiro atoms. The van der Waals surface area contributed by atoms with Crippen molar-refractivity contribution >= 4 is 40.8 Å². The molecule has 0 saturated carbocycles. The van der Waals surface area contributed by atoms with E-state index in [9.17, 15) is 9.59 Å². The Morgan fingerprint density at radius 1 is 0.778 bits per heavy atom. The number of nitrogens with zero attached hydrogens (tertiary/aromatic N) is 2. The number of benzene rings is 4. The van der Waals surface area contributed by atoms with Gasteiger partial charge >= 0.3 is 12.1 Å². The Kier molecular flexibility index (Phi) is 6.78. The highest BCUT2D eigenvalue weighted by molar-refractivity contribution is 6.30. The van der Waals surface area contributed by atoms with E-state index in [-0.39, 0.29) is 11.8 Å². The minimum atomic E-state index is -1.00. The van der Waals surface area contributed by atoms with E-state index in [1.165, 1.54) is 4.90 Å². The van der Waals surface area contributed by atoms with Crippen molar-refractivity contribution in [2.75, 3.05) is 5.32 Å². The van der Waals surface area contributed by atoms with Crippen LogP contribution in [0.25, 0.3) is 0 Å². The molecule has 0 radical (unpaired) electrons. The number of urea groups is 1. The molecule has 0 bridgehead atoms. The summed E-state index contributed by atoms with van der Waals surface area (Å²) in [7, 11) is 0. The molecule has 5 rings (SSSR count). The van der Waals surface area contributed by atoms with Crippen LogP contribution in [0.4, 0.5) is 16.2 Å². The second-order valence-electron chi connectivity index (χ2n) is 8.16. The number of Topliss-reactive ketones (excluding diaryl/α,β-unsaturated/α-hetero) is 1. The van der Waals surface area contributed by atoms with Crippen LogP contribution in [-0.2, 0) is 4.74 Å². The van der Waals surface area contributed by atoms with Crippen LogP contribution in [0.2, 0.25) is 5.02 Å². The maximum atomic E-state index is 13.9. The van der Waals surface area contributed by atoms with Gasteiger partial charge < -0.3 is 10.1 Å². The summed E-state index contributed by atoms with van der Waals surface area (Å²) < 4.78 is 6.27. The van der Waals surface area contributed by atoms with Crippen molar-refractivity contribution in [3.63, 3.8) is 0 Å². The fourth-order valence-corrected chi connectivity index (χ4v) is 4.16. The van der Waals surface area contributed by atoms with Gasteiger partial charge in [0.05, 0.1) is 5.69 Å². The highest BCUT2D eigenvalue weighted by Gasteiger charge is 2.49. The van der Waals surface area contributed by atoms with Crippen molar-refractivity contribution in [2.24, 2.45) is 4.99 Å². The van der Waals surface area contributed by atoms with Gasteiger partial charge in [-0.3, -0.25) is 4.79 Å². The highest BCUT2D eigenvalue weighted by Crippen LogP contribution is 2.36. The molecule has 2 amide bonds. The predicted molar refractivity (Wildman–Crippen MR) is 141 cm³/mol. The quantitative estimate of drug-likeness (QED) is 0.306. The van der Waals surface area contributed by atoms with Crippen molar-refractivity contribution in [1.29, 1.82) is 0 Å². The molecule has 0 aromatic heterocycles. The monoisotopic (exact) mass is 495 g/mol. The van der Waals surface area contributed by atoms with E-state index in [0.717, 1.165) is 5.56 Å². The standard InChI is InChI=1S/C29H22ClN3O3/c30-22-18-16-20(17-19-22)26(34)25-27(21-10-4-1-5-11-21)36-29(32-24-14-8-3-9-15-24)33(25)28(35)31-23-12-6-2-7-13-23/h1-19,25,27H,(H,31,35)/t25-,27-/m1/s1. The molecule has 1 fully saturated rings. The molecule has 1 aliphatic rings. The molecule has 2 atom stereocenters. The summed E-state index contributed by atoms with van der Waals surface area (Å²) in [5.41, 5.74) is 2.34. The molecule has 0 unspecified atom stereocenters. The van der Waals surface area contributed by atoms with Crippen molar-refractivity contribution in [1.82, 2.24) is 4.90 Å². The van der Waals surface area contributed by atoms with Gasteiger partial charge in [-0.1, -0.05) is 78.3 Å². The number of rotatable bonds is 5. The van der Waals surface area contributed by atoms with Crippen LogP contribution >= 0.6 is 11.6 Å². The van der Waals surface area contributed by atoms with Crippen LogP contribution in [0.5, 0.6) is 0 Å². The average Bonchev–Trinajstić information content (AvgIpc) is 3.29. The number of halogens is 1. The number of hydrogen-bond donors (Lipinski definition) is 1. The summed E-state index contributed by atoms with van der Waals surface area (Å²) in [6, 6.07) is 32.6. The third kappa shape index (κ3) is 4.99. The zero-order valence-electron chi connectivity index (χ0n) is 19.1. The van der Waals surface area contributed by atoms with E-state index in [4.69, 9.17) is 16.3 Å². The number of carbonyl (C=O) groups is 2. The van der Waals surface area contributed by atoms with E-state index in [0.29, 0.717) is 22.0 Å². The molecule has 1 N–H and O–H groups in total. The first-order valence-electron chi connectivity index (χ1n) is 11.4. The van der Waals surface area contributed by atoms with Crippen LogP contribution < -0.4 is 5.32 Å². The Labute approximate surface area is 213 Å². The number of carbonyl (C=O) groups excluding carboxylic acids is 2. The second kappa shape index (κ2) is 10.5. The van der Waals surface area contributed by atoms with Crippen LogP contribution in [0.1, 0.15) is 22.0 Å². The fourth-order valence-electron chi connectivity index (χ4n) is 4.03. The van der Waals surface area contributed by atoms with Crippen molar-refractivity contribution in [2.45, 2.75) is 12.1 Å². The van der Waals surface area contributed by atoms with Gasteiger partial charge in [0.1, 0.15) is 6.04 Å². The average molecular weight is 496 g/mol. The number of anilines is 1. The second-order valence-corrected chi connectivity index (χ2v) is 8.60. The molecule has 6 nitrogen and oxygen atoms in total. The maximum Gasteiger partial charge on any atom is 0.330 e. The van der Waals surface area contributed by atoms with Crippen molar-refractivity contribution < 1.29 is 14.3 Å². The number of ketones is 1. The van der Waals surface area contributed by atoms with Gasteiger partial charge in [-0.25, -0.2) is 9.69 Å². The van der Waals surface area contributed by atoms with Crippen LogP contribution in [0.3, 0.4) is 0 Å². The first-order valence-corrected chi connectivity index (χ1v) is 11.8. The van der Waals surface area contributed by atoms with Crippen molar-refractivity contribution in [3.8, 4) is 0 Å². The Bertz CT molecular complexity index is 1380. The topological polar surface area (TPSA) is 71.0 Å². The number of aliphatic imine (C=N–C) groups is 1. The van der Waals surface area contributed by atoms with Gasteiger partial charge in [-0.05, 0) is 54.1 Å². The molecule has 4 aromatic rings. The number of nitrogens with one attached hydrogen (secondary N) is 1. The van der Waals surface area contributed by atoms with Gasteiger partial charge in [-0.15, -0.1) is 0 Å². The molecule has 4 aromatic carbocycles. The lowest BCUT2D eigenvalue weighted by atomic mass is 9.94. The van der Waals surface area contributed by atoms with Crippen LogP contribution in [-0.4, -0.2) is 28.8 Å². The number of amides is 2. The number of para-hydroxylation sites is 2. The molecular formula is C29H22ClN3O3. The van der Waals surface area contributed by atoms with E-state index >= 15 is 0 Å². The SMILES string of the molecule is O=C(c1ccc(Cl)cc1)[C@@H]1[C@@H](c2ccccc2)OC(=Nc2ccccc2)N1C(=O)Nc1ccccc1. The largest absolute Gasteiger partial charge is 0.454 e. The summed E-state index contributed by atoms with van der Waals surface area (Å²) in [4.78, 5) is 33.5. The smallest absolute Gasteiger partial charge is 0.330 e. The highest BCUT2D eigenvalue weighted by atomic mass is 35.5. The van der Waals surface area contributed by atoms with Gasteiger partial charge in [0.2, 0.25) is 0 Å². The minimum Gasteiger partial charge on any atom is -0.454 e. The zero-order valence-corrected chi connectivity index (χ0v) is 19.9. The Balaban J connectivity index is 1.62. The molecule has 36 heavy (non-hydrogen) atoms. The fraction of sp³-hybridized carbons (Fsp3) is 0.0690. The summed E-state index contributed by atoms with van der Waals surface area (Å²) in [6.45, 7) is 0. The van der Waals surface area contributed by atoms with Gasteiger partial charge in [0.15, 0.2) is 11.9 Å². The lowest BCUT2D eigenvalue weighted by molar-refractivity contribution is 0.0848. The minimum absolute atomic E-state index is 0.0378. The Morgan fingerprint density at radius 3 is 2.00 bits per heavy atom. The normalized spacial score (nSPS) is 18.0. The summed E-state index contributed by atoms with van der Waals surface area (Å²) in [6.07, 6.45) is -0.765. The maximum absolute atomic E-state index is 13.9. The zero-order chi connectivity index (χ0) is 24.9. The van der Waals surface area contributed by atoms with E-state index in [2.05, 4.69) is 10.3 Å². The molecule has 0 aliphatic carbocycles. The van der Waals surface area contributed by atoms with E-state index < -0.39 is 18.2 Å². The molecule has 1 heterocycles. The summed E-state index contributed by atoms with van der Waals surface area (Å²) in [5, 5.41) is 3.38. The number of amidine groups is 1. The van der Waals surface area contributed by atoms with Crippen LogP contribution in [0.15, 0.2) is 120 Å². The number of hydrogen-bond acceptors (Lipinski definition) is 4. The Hall–Kier alpha value is -4.42. The van der Waals surface area contributed by atoms with Gasteiger partial charge in [-0.2, -0.15) is 4.99 Å². The summed E-state index contributed by atoms with van der Waals surface area (Å²) >= 11 is 6.05. The molecule has 1 saturated heterocycles. The third-order valence-electron chi connectivity index (χ3n) is 5.75. The predicted octanol–water partition coefficient (Wildman–Crippen LogP) is 6.88. The van der Waals surface area contributed by atoms with Gasteiger partial charge in [0, 0.05) is 16.3 Å². The molecular weight excluding hydrogens is 474 g/mol. The number of ether oxygens (including phenoxy) is 1. The van der Waals surface area contributed by atoms with Gasteiger partial charge in [0.25, 0.3) is 0 Å². The molecule has 178 valence electrons. The lowest BCUT2D eigenvalue weighted by Gasteiger charge is -2.23. The van der Waals surface area contributed by atoms with E-state index in [1.54, 1.807) is 48.5 Å². The molecule has 7 heteroatoms. The lowest BCUT2D eigenvalue weighted by Crippen LogP contribution is -2.46. The molecule has 1 aliphatic heterocycles. The Morgan fingerprint density at radius 2 is 1.36 bits per heavy atom. The first kappa shape index (κ1) is 23.3. The van der Waals surface area contributed by atoms with E-state index in [1.807, 2.05) is 66.7 Å². The first-order chi connectivity index (χ1) is 17.6. The van der Waals surface area contributed by atoms with Crippen LogP contribution in [0, 0.1) is 0 Å². The van der Waals surface area contributed by atoms with Crippen molar-refractivity contribution in [3.05, 3.63) is 131 Å².